The molecular weight excluding hydrogens is 124 g/mol. The number of hydrogen-bond donors (Lipinski definition) is 0. The van der Waals surface area contributed by atoms with E-state index in [-0.39, 0.29) is 0 Å². The molecule has 2 atom stereocenters. The van der Waals surface area contributed by atoms with Gasteiger partial charge in [0.15, 0.2) is 0 Å². The van der Waals surface area contributed by atoms with Gasteiger partial charge in [0.05, 0.1) is 6.67 Å². The van der Waals surface area contributed by atoms with E-state index in [4.69, 9.17) is 0 Å². The maximum atomic E-state index is 2.40. The van der Waals surface area contributed by atoms with Crippen molar-refractivity contribution in [1.29, 1.82) is 0 Å². The van der Waals surface area contributed by atoms with Crippen molar-refractivity contribution in [3.63, 3.8) is 0 Å². The Morgan fingerprint density at radius 2 is 1.80 bits per heavy atom. The lowest BCUT2D eigenvalue weighted by Gasteiger charge is -2.40. The summed E-state index contributed by atoms with van der Waals surface area (Å²) in [5, 5.41) is 0. The van der Waals surface area contributed by atoms with E-state index in [0.29, 0.717) is 0 Å². The van der Waals surface area contributed by atoms with Gasteiger partial charge in [-0.05, 0) is 26.9 Å². The zero-order valence-corrected chi connectivity index (χ0v) is 7.46. The minimum atomic E-state index is 0.746. The van der Waals surface area contributed by atoms with Crippen molar-refractivity contribution < 1.29 is 0 Å². The Kier molecular flexibility index (Phi) is 2.32. The third kappa shape index (κ3) is 1.50. The Labute approximate surface area is 63.8 Å². The molecule has 0 unspecified atom stereocenters. The van der Waals surface area contributed by atoms with Crippen molar-refractivity contribution in [2.45, 2.75) is 19.9 Å². The van der Waals surface area contributed by atoms with Crippen LogP contribution in [-0.4, -0.2) is 43.2 Å². The van der Waals surface area contributed by atoms with E-state index < -0.39 is 0 Å². The Balaban J connectivity index is 2.49. The molecule has 0 spiro atoms. The van der Waals surface area contributed by atoms with Gasteiger partial charge in [0, 0.05) is 12.6 Å². The van der Waals surface area contributed by atoms with Crippen LogP contribution in [0, 0.1) is 5.92 Å². The van der Waals surface area contributed by atoms with Crippen LogP contribution in [0.4, 0.5) is 0 Å². The largest absolute Gasteiger partial charge is 0.293 e. The van der Waals surface area contributed by atoms with Gasteiger partial charge in [-0.2, -0.15) is 0 Å². The Bertz CT molecular complexity index is 102. The molecule has 0 aromatic heterocycles. The number of nitrogens with zero attached hydrogens (tertiary/aromatic N) is 2. The monoisotopic (exact) mass is 142 g/mol. The van der Waals surface area contributed by atoms with Gasteiger partial charge in [-0.3, -0.25) is 9.80 Å². The molecule has 0 aliphatic carbocycles. The lowest BCUT2D eigenvalue weighted by Crippen LogP contribution is -2.50. The highest BCUT2D eigenvalue weighted by atomic mass is 15.3. The number of hydrogen-bond acceptors (Lipinski definition) is 2. The minimum Gasteiger partial charge on any atom is -0.293 e. The summed E-state index contributed by atoms with van der Waals surface area (Å²) in [6.07, 6.45) is 0. The van der Waals surface area contributed by atoms with E-state index in [1.807, 2.05) is 0 Å². The van der Waals surface area contributed by atoms with Crippen molar-refractivity contribution in [2.24, 2.45) is 5.92 Å². The quantitative estimate of drug-likeness (QED) is 0.494. The molecule has 1 heterocycles. The van der Waals surface area contributed by atoms with Crippen LogP contribution in [0.15, 0.2) is 0 Å². The average Bonchev–Trinajstić information content (AvgIpc) is 1.82. The summed E-state index contributed by atoms with van der Waals surface area (Å²) in [5.41, 5.74) is 0. The average molecular weight is 142 g/mol. The van der Waals surface area contributed by atoms with Gasteiger partial charge < -0.3 is 0 Å². The van der Waals surface area contributed by atoms with Crippen molar-refractivity contribution in [3.05, 3.63) is 0 Å². The van der Waals surface area contributed by atoms with Crippen LogP contribution >= 0.6 is 0 Å². The first-order chi connectivity index (χ1) is 4.61. The van der Waals surface area contributed by atoms with E-state index >= 15 is 0 Å². The molecule has 1 rings (SSSR count). The van der Waals surface area contributed by atoms with Crippen molar-refractivity contribution in [3.8, 4) is 0 Å². The molecule has 1 saturated heterocycles. The highest BCUT2D eigenvalue weighted by molar-refractivity contribution is 4.76. The van der Waals surface area contributed by atoms with Crippen molar-refractivity contribution in [2.75, 3.05) is 27.3 Å². The van der Waals surface area contributed by atoms with E-state index in [0.717, 1.165) is 18.6 Å². The lowest BCUT2D eigenvalue weighted by molar-refractivity contribution is 0.0465. The SMILES string of the molecule is C[C@H]1CN(C)CN(C)[C@H]1C. The summed E-state index contributed by atoms with van der Waals surface area (Å²) in [6.45, 7) is 6.98. The first-order valence-electron chi connectivity index (χ1n) is 4.00. The molecule has 10 heavy (non-hydrogen) atoms. The van der Waals surface area contributed by atoms with Gasteiger partial charge in [0.1, 0.15) is 0 Å². The Morgan fingerprint density at radius 3 is 2.30 bits per heavy atom. The fraction of sp³-hybridized carbons (Fsp3) is 1.00. The van der Waals surface area contributed by atoms with Crippen LogP contribution in [-0.2, 0) is 0 Å². The molecule has 0 saturated carbocycles. The summed E-state index contributed by atoms with van der Waals surface area (Å²) in [7, 11) is 4.37. The molecule has 0 N–H and O–H groups in total. The number of rotatable bonds is 0. The third-order valence-corrected chi connectivity index (χ3v) is 2.58. The van der Waals surface area contributed by atoms with Gasteiger partial charge in [-0.15, -0.1) is 0 Å². The second-order valence-electron chi connectivity index (χ2n) is 3.65. The fourth-order valence-corrected chi connectivity index (χ4v) is 1.65. The topological polar surface area (TPSA) is 6.48 Å². The van der Waals surface area contributed by atoms with E-state index in [1.54, 1.807) is 0 Å². The van der Waals surface area contributed by atoms with Gasteiger partial charge >= 0.3 is 0 Å². The molecule has 0 bridgehead atoms. The van der Waals surface area contributed by atoms with Gasteiger partial charge in [0.25, 0.3) is 0 Å². The van der Waals surface area contributed by atoms with Crippen molar-refractivity contribution in [1.82, 2.24) is 9.80 Å². The highest BCUT2D eigenvalue weighted by Crippen LogP contribution is 2.15. The van der Waals surface area contributed by atoms with Gasteiger partial charge in [0.2, 0.25) is 0 Å². The van der Waals surface area contributed by atoms with Gasteiger partial charge in [-0.1, -0.05) is 6.92 Å². The van der Waals surface area contributed by atoms with Crippen molar-refractivity contribution >= 4 is 0 Å². The van der Waals surface area contributed by atoms with Gasteiger partial charge in [-0.25, -0.2) is 0 Å². The van der Waals surface area contributed by atoms with Crippen LogP contribution in [0.25, 0.3) is 0 Å². The summed E-state index contributed by atoms with van der Waals surface area (Å²) in [6, 6.07) is 0.746. The molecule has 2 nitrogen and oxygen atoms in total. The van der Waals surface area contributed by atoms with Crippen LogP contribution in [0.5, 0.6) is 0 Å². The zero-order chi connectivity index (χ0) is 7.72. The van der Waals surface area contributed by atoms with Crippen LogP contribution in [0.1, 0.15) is 13.8 Å². The molecule has 0 amide bonds. The summed E-state index contributed by atoms with van der Waals surface area (Å²) < 4.78 is 0. The molecule has 1 aliphatic rings. The highest BCUT2D eigenvalue weighted by Gasteiger charge is 2.24. The molecule has 1 fully saturated rings. The molecule has 0 aromatic rings. The molecule has 1 aliphatic heterocycles. The van der Waals surface area contributed by atoms with Crippen LogP contribution < -0.4 is 0 Å². The normalized spacial score (nSPS) is 38.4. The first-order valence-corrected chi connectivity index (χ1v) is 4.00. The molecule has 0 aromatic carbocycles. The van der Waals surface area contributed by atoms with E-state index in [1.165, 1.54) is 6.54 Å². The standard InChI is InChI=1S/C8H18N2/c1-7-5-9(3)6-10(4)8(7)2/h7-8H,5-6H2,1-4H3/t7-,8-/m0/s1. The molecular formula is C8H18N2. The molecule has 0 radical (unpaired) electrons. The third-order valence-electron chi connectivity index (χ3n) is 2.58. The fourth-order valence-electron chi connectivity index (χ4n) is 1.65. The Morgan fingerprint density at radius 1 is 1.20 bits per heavy atom. The van der Waals surface area contributed by atoms with E-state index in [2.05, 4.69) is 37.7 Å². The first kappa shape index (κ1) is 8.02. The zero-order valence-electron chi connectivity index (χ0n) is 7.46. The predicted octanol–water partition coefficient (Wildman–Crippen LogP) is 0.846. The maximum Gasteiger partial charge on any atom is 0.0503 e. The summed E-state index contributed by atoms with van der Waals surface area (Å²) in [4.78, 5) is 4.76. The predicted molar refractivity (Wildman–Crippen MR) is 43.9 cm³/mol. The summed E-state index contributed by atoms with van der Waals surface area (Å²) >= 11 is 0. The smallest absolute Gasteiger partial charge is 0.0503 e. The second-order valence-corrected chi connectivity index (χ2v) is 3.65. The van der Waals surface area contributed by atoms with Crippen LogP contribution in [0.3, 0.4) is 0 Å². The minimum absolute atomic E-state index is 0.746. The second kappa shape index (κ2) is 2.89. The lowest BCUT2D eigenvalue weighted by atomic mass is 10.0. The molecule has 60 valence electrons. The van der Waals surface area contributed by atoms with E-state index in [9.17, 15) is 0 Å². The molecule has 2 heteroatoms. The Hall–Kier alpha value is -0.0800. The summed E-state index contributed by atoms with van der Waals surface area (Å²) in [5.74, 6) is 0.809. The van der Waals surface area contributed by atoms with Crippen LogP contribution in [0.2, 0.25) is 0 Å². The maximum absolute atomic E-state index is 2.40.